The van der Waals surface area contributed by atoms with Crippen LogP contribution in [0.15, 0.2) is 58.1 Å². The second kappa shape index (κ2) is 7.11. The Morgan fingerprint density at radius 3 is 2.93 bits per heavy atom. The fraction of sp³-hybridized carbons (Fsp3) is 0.211. The van der Waals surface area contributed by atoms with Crippen LogP contribution in [0.5, 0.6) is 11.5 Å². The highest BCUT2D eigenvalue weighted by atomic mass is 32.2. The van der Waals surface area contributed by atoms with Gasteiger partial charge >= 0.3 is 0 Å². The van der Waals surface area contributed by atoms with Crippen molar-refractivity contribution in [1.29, 1.82) is 0 Å². The minimum atomic E-state index is -4.01. The van der Waals surface area contributed by atoms with Gasteiger partial charge in [-0.2, -0.15) is 4.31 Å². The van der Waals surface area contributed by atoms with Gasteiger partial charge in [0, 0.05) is 13.1 Å². The summed E-state index contributed by atoms with van der Waals surface area (Å²) in [5, 5.41) is 10.2. The Kier molecular flexibility index (Phi) is 4.40. The minimum absolute atomic E-state index is 0.0569. The lowest BCUT2D eigenvalue weighted by Crippen LogP contribution is -2.45. The first-order valence-electron chi connectivity index (χ1n) is 9.10. The van der Waals surface area contributed by atoms with Gasteiger partial charge in [-0.1, -0.05) is 24.3 Å². The summed E-state index contributed by atoms with van der Waals surface area (Å²) in [6.07, 6.45) is 3.21. The minimum Gasteiger partial charge on any atom is -0.454 e. The summed E-state index contributed by atoms with van der Waals surface area (Å²) < 4.78 is 42.8. The monoisotopic (exact) mass is 428 g/mol. The number of hydrogen-bond donors (Lipinski definition) is 1. The van der Waals surface area contributed by atoms with Crippen LogP contribution in [0.25, 0.3) is 11.0 Å². The van der Waals surface area contributed by atoms with E-state index in [-0.39, 0.29) is 30.3 Å². The summed E-state index contributed by atoms with van der Waals surface area (Å²) >= 11 is 0. The van der Waals surface area contributed by atoms with E-state index in [4.69, 9.17) is 9.47 Å². The van der Waals surface area contributed by atoms with Crippen molar-refractivity contribution in [1.82, 2.24) is 19.9 Å². The fourth-order valence-corrected chi connectivity index (χ4v) is 5.07. The average Bonchev–Trinajstić information content (AvgIpc) is 3.51. The molecular weight excluding hydrogens is 412 g/mol. The molecule has 0 bridgehead atoms. The molecule has 5 rings (SSSR count). The third-order valence-electron chi connectivity index (χ3n) is 4.92. The Bertz CT molecular complexity index is 1270. The molecule has 1 atom stereocenters. The molecule has 0 saturated heterocycles. The molecule has 0 unspecified atom stereocenters. The zero-order chi connectivity index (χ0) is 20.7. The molecule has 10 nitrogen and oxygen atoms in total. The molecule has 1 aromatic heterocycles. The SMILES string of the molecule is O=C(NCc1ccc2c(c1)OCO2)[C@H]1C=CCN1S(=O)(=O)c1cccc2nonc12. The number of carbonyl (C=O) groups excluding carboxylic acids is 1. The van der Waals surface area contributed by atoms with Crippen molar-refractivity contribution in [2.75, 3.05) is 13.3 Å². The van der Waals surface area contributed by atoms with Crippen LogP contribution in [0, 0.1) is 0 Å². The molecule has 0 fully saturated rings. The van der Waals surface area contributed by atoms with Gasteiger partial charge in [-0.25, -0.2) is 13.0 Å². The molecule has 2 aromatic carbocycles. The van der Waals surface area contributed by atoms with E-state index >= 15 is 0 Å². The number of carbonyl (C=O) groups is 1. The van der Waals surface area contributed by atoms with Gasteiger partial charge in [0.05, 0.1) is 0 Å². The van der Waals surface area contributed by atoms with E-state index in [1.165, 1.54) is 6.07 Å². The highest BCUT2D eigenvalue weighted by Gasteiger charge is 2.38. The summed E-state index contributed by atoms with van der Waals surface area (Å²) in [6.45, 7) is 0.460. The number of aromatic nitrogens is 2. The normalized spacial score (nSPS) is 18.2. The van der Waals surface area contributed by atoms with E-state index in [9.17, 15) is 13.2 Å². The van der Waals surface area contributed by atoms with Crippen LogP contribution in [0.3, 0.4) is 0 Å². The molecule has 11 heteroatoms. The van der Waals surface area contributed by atoms with Crippen molar-refractivity contribution in [2.45, 2.75) is 17.5 Å². The Morgan fingerprint density at radius 2 is 2.03 bits per heavy atom. The number of hydrogen-bond acceptors (Lipinski definition) is 8. The lowest BCUT2D eigenvalue weighted by Gasteiger charge is -2.23. The number of nitrogens with one attached hydrogen (secondary N) is 1. The summed E-state index contributed by atoms with van der Waals surface area (Å²) in [5.74, 6) is 0.828. The van der Waals surface area contributed by atoms with E-state index < -0.39 is 22.0 Å². The predicted octanol–water partition coefficient (Wildman–Crippen LogP) is 1.20. The van der Waals surface area contributed by atoms with E-state index in [1.807, 2.05) is 6.07 Å². The molecule has 0 saturated carbocycles. The number of amides is 1. The van der Waals surface area contributed by atoms with Gasteiger partial charge < -0.3 is 14.8 Å². The molecule has 0 spiro atoms. The number of ether oxygens (including phenoxy) is 2. The van der Waals surface area contributed by atoms with Gasteiger partial charge in [0.2, 0.25) is 22.7 Å². The van der Waals surface area contributed by atoms with E-state index in [0.717, 1.165) is 9.87 Å². The standard InChI is InChI=1S/C19H16N4O6S/c24-19(20-10-12-6-7-15-16(9-12)28-11-27-15)14-4-2-8-23(14)30(25,26)17-5-1-3-13-18(17)22-29-21-13/h1-7,9,14H,8,10-11H2,(H,20,24)/t14-/m1/s1. The maximum absolute atomic E-state index is 13.2. The van der Waals surface area contributed by atoms with Crippen molar-refractivity contribution in [2.24, 2.45) is 0 Å². The predicted molar refractivity (Wildman–Crippen MR) is 103 cm³/mol. The fourth-order valence-electron chi connectivity index (χ4n) is 3.43. The lowest BCUT2D eigenvalue weighted by molar-refractivity contribution is -0.123. The van der Waals surface area contributed by atoms with Crippen molar-refractivity contribution in [3.8, 4) is 11.5 Å². The largest absolute Gasteiger partial charge is 0.454 e. The Labute approximate surface area is 171 Å². The zero-order valence-electron chi connectivity index (χ0n) is 15.5. The van der Waals surface area contributed by atoms with Gasteiger partial charge in [-0.3, -0.25) is 4.79 Å². The highest BCUT2D eigenvalue weighted by molar-refractivity contribution is 7.89. The van der Waals surface area contributed by atoms with Crippen molar-refractivity contribution in [3.05, 3.63) is 54.1 Å². The lowest BCUT2D eigenvalue weighted by atomic mass is 10.2. The number of nitrogens with zero attached hydrogens (tertiary/aromatic N) is 3. The molecule has 0 radical (unpaired) electrons. The zero-order valence-corrected chi connectivity index (χ0v) is 16.3. The summed E-state index contributed by atoms with van der Waals surface area (Å²) in [6, 6.07) is 8.95. The number of sulfonamides is 1. The second-order valence-electron chi connectivity index (χ2n) is 6.74. The van der Waals surface area contributed by atoms with Gasteiger partial charge in [0.1, 0.15) is 16.5 Å². The number of rotatable bonds is 5. The highest BCUT2D eigenvalue weighted by Crippen LogP contribution is 2.32. The van der Waals surface area contributed by atoms with Crippen molar-refractivity contribution >= 4 is 27.0 Å². The molecular formula is C19H16N4O6S. The molecule has 0 aliphatic carbocycles. The van der Waals surface area contributed by atoms with Crippen LogP contribution in [-0.4, -0.2) is 48.3 Å². The molecule has 1 amide bonds. The van der Waals surface area contributed by atoms with Gasteiger partial charge in [0.25, 0.3) is 0 Å². The maximum Gasteiger partial charge on any atom is 0.246 e. The maximum atomic E-state index is 13.2. The van der Waals surface area contributed by atoms with Crippen LogP contribution in [-0.2, 0) is 21.4 Å². The summed E-state index contributed by atoms with van der Waals surface area (Å²) in [5.41, 5.74) is 1.26. The molecule has 2 aliphatic heterocycles. The first-order chi connectivity index (χ1) is 14.5. The molecule has 3 aromatic rings. The number of fused-ring (bicyclic) bond motifs is 2. The first kappa shape index (κ1) is 18.6. The van der Waals surface area contributed by atoms with Crippen molar-refractivity contribution < 1.29 is 27.3 Å². The van der Waals surface area contributed by atoms with Crippen LogP contribution in [0.1, 0.15) is 5.56 Å². The Balaban J connectivity index is 1.34. The third-order valence-corrected chi connectivity index (χ3v) is 6.80. The smallest absolute Gasteiger partial charge is 0.246 e. The average molecular weight is 428 g/mol. The molecule has 154 valence electrons. The van der Waals surface area contributed by atoms with E-state index in [1.54, 1.807) is 36.4 Å². The summed E-state index contributed by atoms with van der Waals surface area (Å²) in [4.78, 5) is 12.7. The number of benzene rings is 2. The van der Waals surface area contributed by atoms with E-state index in [2.05, 4.69) is 20.3 Å². The quantitative estimate of drug-likeness (QED) is 0.601. The van der Waals surface area contributed by atoms with Crippen LogP contribution in [0.2, 0.25) is 0 Å². The van der Waals surface area contributed by atoms with Crippen LogP contribution in [0.4, 0.5) is 0 Å². The molecule has 30 heavy (non-hydrogen) atoms. The summed E-state index contributed by atoms with van der Waals surface area (Å²) in [7, 11) is -4.01. The van der Waals surface area contributed by atoms with Crippen LogP contribution < -0.4 is 14.8 Å². The van der Waals surface area contributed by atoms with Crippen LogP contribution >= 0.6 is 0 Å². The molecule has 1 N–H and O–H groups in total. The molecule has 2 aliphatic rings. The van der Waals surface area contributed by atoms with Gasteiger partial charge in [-0.15, -0.1) is 0 Å². The van der Waals surface area contributed by atoms with Gasteiger partial charge in [0.15, 0.2) is 17.0 Å². The Hall–Kier alpha value is -3.44. The topological polar surface area (TPSA) is 124 Å². The first-order valence-corrected chi connectivity index (χ1v) is 10.5. The Morgan fingerprint density at radius 1 is 1.17 bits per heavy atom. The second-order valence-corrected chi connectivity index (χ2v) is 8.60. The van der Waals surface area contributed by atoms with Gasteiger partial charge in [-0.05, 0) is 40.1 Å². The van der Waals surface area contributed by atoms with E-state index in [0.29, 0.717) is 17.0 Å². The third kappa shape index (κ3) is 3.08. The molecule has 3 heterocycles. The van der Waals surface area contributed by atoms with Crippen molar-refractivity contribution in [3.63, 3.8) is 0 Å².